The van der Waals surface area contributed by atoms with E-state index < -0.39 is 17.0 Å². The number of nitrogens with one attached hydrogen (secondary N) is 1. The van der Waals surface area contributed by atoms with Crippen molar-refractivity contribution < 1.29 is 9.13 Å². The zero-order valence-electron chi connectivity index (χ0n) is 11.0. The number of nitrogens with zero attached hydrogens (tertiary/aromatic N) is 1. The highest BCUT2D eigenvalue weighted by Crippen LogP contribution is 2.40. The first kappa shape index (κ1) is 13.2. The summed E-state index contributed by atoms with van der Waals surface area (Å²) in [4.78, 5) is 18.2. The lowest BCUT2D eigenvalue weighted by atomic mass is 9.78. The van der Waals surface area contributed by atoms with Crippen molar-refractivity contribution in [1.29, 1.82) is 0 Å². The van der Waals surface area contributed by atoms with E-state index in [1.807, 2.05) is 0 Å². The van der Waals surface area contributed by atoms with Crippen molar-refractivity contribution in [3.63, 3.8) is 0 Å². The molecule has 5 heteroatoms. The van der Waals surface area contributed by atoms with E-state index in [0.717, 1.165) is 25.7 Å². The maximum Gasteiger partial charge on any atom is 0.287 e. The summed E-state index contributed by atoms with van der Waals surface area (Å²) < 4.78 is 19.0. The van der Waals surface area contributed by atoms with Gasteiger partial charge < -0.3 is 9.72 Å². The third-order valence-electron chi connectivity index (χ3n) is 3.81. The molecule has 1 fully saturated rings. The Hall–Kier alpha value is -1.23. The van der Waals surface area contributed by atoms with Gasteiger partial charge in [0.1, 0.15) is 11.4 Å². The third kappa shape index (κ3) is 2.19. The van der Waals surface area contributed by atoms with Gasteiger partial charge in [0.25, 0.3) is 5.56 Å². The topological polar surface area (TPSA) is 55.0 Å². The van der Waals surface area contributed by atoms with Crippen molar-refractivity contribution >= 4 is 0 Å². The third-order valence-corrected chi connectivity index (χ3v) is 3.81. The molecule has 2 unspecified atom stereocenters. The van der Waals surface area contributed by atoms with Crippen LogP contribution in [0.3, 0.4) is 0 Å². The molecule has 0 aliphatic heterocycles. The Balaban J connectivity index is 2.47. The summed E-state index contributed by atoms with van der Waals surface area (Å²) in [5.41, 5.74) is -1.16. The van der Waals surface area contributed by atoms with Gasteiger partial charge in [0.05, 0.1) is 5.69 Å². The molecule has 0 aromatic carbocycles. The molecule has 1 N–H and O–H groups in total. The second-order valence-corrected chi connectivity index (χ2v) is 5.21. The monoisotopic (exact) mass is 254 g/mol. The molecule has 2 rings (SSSR count). The quantitative estimate of drug-likeness (QED) is 0.880. The Bertz CT molecular complexity index is 500. The Morgan fingerprint density at radius 2 is 2.28 bits per heavy atom. The normalized spacial score (nSPS) is 28.3. The zero-order chi connectivity index (χ0) is 13.3. The summed E-state index contributed by atoms with van der Waals surface area (Å²) in [6.45, 7) is 3.66. The highest BCUT2D eigenvalue weighted by atomic mass is 19.1. The number of aromatic nitrogens is 2. The Labute approximate surface area is 106 Å². The molecule has 1 aliphatic rings. The van der Waals surface area contributed by atoms with Crippen LogP contribution in [0.15, 0.2) is 4.79 Å². The number of aromatic amines is 1. The van der Waals surface area contributed by atoms with Crippen LogP contribution in [-0.2, 0) is 10.3 Å². The average molecular weight is 254 g/mol. The minimum absolute atomic E-state index is 0.128. The molecule has 0 bridgehead atoms. The molecule has 1 aromatic heterocycles. The number of halogens is 1. The van der Waals surface area contributed by atoms with Gasteiger partial charge in [-0.05, 0) is 32.1 Å². The van der Waals surface area contributed by atoms with Crippen LogP contribution in [-0.4, -0.2) is 17.1 Å². The van der Waals surface area contributed by atoms with Gasteiger partial charge in [0.2, 0.25) is 5.82 Å². The summed E-state index contributed by atoms with van der Waals surface area (Å²) in [7, 11) is 1.62. The molecule has 0 radical (unpaired) electrons. The largest absolute Gasteiger partial charge is 0.370 e. The number of rotatable bonds is 2. The molecule has 1 aliphatic carbocycles. The van der Waals surface area contributed by atoms with Crippen molar-refractivity contribution in [2.24, 2.45) is 5.92 Å². The molecule has 2 atom stereocenters. The Morgan fingerprint density at radius 3 is 2.83 bits per heavy atom. The van der Waals surface area contributed by atoms with Gasteiger partial charge in [-0.25, -0.2) is 4.98 Å². The number of methoxy groups -OCH3 is 1. The van der Waals surface area contributed by atoms with E-state index in [1.165, 1.54) is 6.92 Å². The Kier molecular flexibility index (Phi) is 3.52. The van der Waals surface area contributed by atoms with Crippen LogP contribution in [0.4, 0.5) is 4.39 Å². The molecular formula is C13H19FN2O2. The standard InChI is InChI=1S/C13H19FN2O2/c1-8-5-4-6-13(7-8,18-3)12-15-9(2)10(14)11(17)16-12/h8H,4-7H2,1-3H3,(H,15,16,17). The predicted octanol–water partition coefficient (Wildman–Crippen LogP) is 2.27. The summed E-state index contributed by atoms with van der Waals surface area (Å²) in [5.74, 6) is 0.156. The molecule has 1 aromatic rings. The van der Waals surface area contributed by atoms with Crippen LogP contribution >= 0.6 is 0 Å². The van der Waals surface area contributed by atoms with E-state index in [1.54, 1.807) is 7.11 Å². The average Bonchev–Trinajstić information content (AvgIpc) is 2.35. The SMILES string of the molecule is COC1(c2nc(C)c(F)c(=O)[nH]2)CCCC(C)C1. The summed E-state index contributed by atoms with van der Waals surface area (Å²) in [6.07, 6.45) is 3.78. The van der Waals surface area contributed by atoms with E-state index in [0.29, 0.717) is 11.7 Å². The van der Waals surface area contributed by atoms with Gasteiger partial charge in [-0.2, -0.15) is 4.39 Å². The zero-order valence-corrected chi connectivity index (χ0v) is 11.0. The van der Waals surface area contributed by atoms with Crippen molar-refractivity contribution in [3.8, 4) is 0 Å². The van der Waals surface area contributed by atoms with E-state index in [9.17, 15) is 9.18 Å². The van der Waals surface area contributed by atoms with Gasteiger partial charge in [-0.1, -0.05) is 13.3 Å². The molecule has 0 amide bonds. The van der Waals surface area contributed by atoms with Crippen LogP contribution in [0.1, 0.15) is 44.1 Å². The molecule has 4 nitrogen and oxygen atoms in total. The van der Waals surface area contributed by atoms with Gasteiger partial charge in [-0.15, -0.1) is 0 Å². The summed E-state index contributed by atoms with van der Waals surface area (Å²) >= 11 is 0. The lowest BCUT2D eigenvalue weighted by molar-refractivity contribution is -0.0650. The second-order valence-electron chi connectivity index (χ2n) is 5.21. The lowest BCUT2D eigenvalue weighted by Gasteiger charge is -2.37. The minimum Gasteiger partial charge on any atom is -0.370 e. The summed E-state index contributed by atoms with van der Waals surface area (Å²) in [6, 6.07) is 0. The number of ether oxygens (including phenoxy) is 1. The fourth-order valence-electron chi connectivity index (χ4n) is 2.79. The summed E-state index contributed by atoms with van der Waals surface area (Å²) in [5, 5.41) is 0. The van der Waals surface area contributed by atoms with Crippen LogP contribution < -0.4 is 5.56 Å². The van der Waals surface area contributed by atoms with Gasteiger partial charge in [0.15, 0.2) is 0 Å². The van der Waals surface area contributed by atoms with Gasteiger partial charge >= 0.3 is 0 Å². The molecular weight excluding hydrogens is 235 g/mol. The second kappa shape index (κ2) is 4.80. The van der Waals surface area contributed by atoms with E-state index in [2.05, 4.69) is 16.9 Å². The van der Waals surface area contributed by atoms with Gasteiger partial charge in [-0.3, -0.25) is 4.79 Å². The van der Waals surface area contributed by atoms with Crippen molar-refractivity contribution in [1.82, 2.24) is 9.97 Å². The first-order valence-electron chi connectivity index (χ1n) is 6.30. The molecule has 0 spiro atoms. The van der Waals surface area contributed by atoms with E-state index in [4.69, 9.17) is 4.74 Å². The first-order chi connectivity index (χ1) is 8.48. The number of hydrogen-bond donors (Lipinski definition) is 1. The molecule has 1 saturated carbocycles. The van der Waals surface area contributed by atoms with Crippen LogP contribution in [0.5, 0.6) is 0 Å². The maximum atomic E-state index is 13.3. The number of H-pyrrole nitrogens is 1. The maximum absolute atomic E-state index is 13.3. The van der Waals surface area contributed by atoms with Crippen molar-refractivity contribution in [2.45, 2.75) is 45.1 Å². The van der Waals surface area contributed by atoms with Gasteiger partial charge in [0, 0.05) is 7.11 Å². The highest BCUT2D eigenvalue weighted by Gasteiger charge is 2.39. The number of aryl methyl sites for hydroxylation is 1. The smallest absolute Gasteiger partial charge is 0.287 e. The molecule has 0 saturated heterocycles. The van der Waals surface area contributed by atoms with Crippen LogP contribution in [0, 0.1) is 18.7 Å². The molecule has 18 heavy (non-hydrogen) atoms. The Morgan fingerprint density at radius 1 is 1.56 bits per heavy atom. The van der Waals surface area contributed by atoms with Crippen LogP contribution in [0.2, 0.25) is 0 Å². The minimum atomic E-state index is -0.811. The molecule has 100 valence electrons. The fourth-order valence-corrected chi connectivity index (χ4v) is 2.79. The predicted molar refractivity (Wildman–Crippen MR) is 65.9 cm³/mol. The fraction of sp³-hybridized carbons (Fsp3) is 0.692. The van der Waals surface area contributed by atoms with Crippen LogP contribution in [0.25, 0.3) is 0 Å². The highest BCUT2D eigenvalue weighted by molar-refractivity contribution is 5.11. The van der Waals surface area contributed by atoms with E-state index in [-0.39, 0.29) is 5.69 Å². The molecule has 1 heterocycles. The first-order valence-corrected chi connectivity index (χ1v) is 6.30. The van der Waals surface area contributed by atoms with Crippen molar-refractivity contribution in [2.75, 3.05) is 7.11 Å². The van der Waals surface area contributed by atoms with Crippen molar-refractivity contribution in [3.05, 3.63) is 27.7 Å². The van der Waals surface area contributed by atoms with E-state index >= 15 is 0 Å². The lowest BCUT2D eigenvalue weighted by Crippen LogP contribution is -2.38. The number of hydrogen-bond acceptors (Lipinski definition) is 3.